The van der Waals surface area contributed by atoms with Crippen LogP contribution in [0.2, 0.25) is 0 Å². The Morgan fingerprint density at radius 1 is 1.00 bits per heavy atom. The molecule has 2 heteroatoms. The number of ether oxygens (including phenoxy) is 1. The van der Waals surface area contributed by atoms with Crippen LogP contribution < -0.4 is 4.74 Å². The summed E-state index contributed by atoms with van der Waals surface area (Å²) in [6.45, 7) is 4.04. The molecule has 2 aromatic rings. The Morgan fingerprint density at radius 2 is 1.72 bits per heavy atom. The minimum atomic E-state index is -0.232. The molecule has 18 heavy (non-hydrogen) atoms. The first kappa shape index (κ1) is 12.4. The number of hydrogen-bond acceptors (Lipinski definition) is 2. The van der Waals surface area contributed by atoms with Crippen LogP contribution in [0.4, 0.5) is 0 Å². The van der Waals surface area contributed by atoms with Gasteiger partial charge in [0, 0.05) is 0 Å². The second kappa shape index (κ2) is 5.50. The van der Waals surface area contributed by atoms with Gasteiger partial charge in [-0.3, -0.25) is 4.79 Å². The summed E-state index contributed by atoms with van der Waals surface area (Å²) in [7, 11) is 0. The summed E-state index contributed by atoms with van der Waals surface area (Å²) in [6.07, 6.45) is 0.299. The van der Waals surface area contributed by atoms with E-state index in [9.17, 15) is 4.79 Å². The summed E-state index contributed by atoms with van der Waals surface area (Å²) in [6, 6.07) is 15.3. The van der Waals surface area contributed by atoms with Gasteiger partial charge in [-0.1, -0.05) is 36.4 Å². The molecular weight excluding hydrogens is 224 g/mol. The van der Waals surface area contributed by atoms with Crippen LogP contribution in [-0.2, 0) is 11.2 Å². The van der Waals surface area contributed by atoms with E-state index in [4.69, 9.17) is 4.74 Å². The highest BCUT2D eigenvalue weighted by Crippen LogP contribution is 2.17. The van der Waals surface area contributed by atoms with Crippen LogP contribution in [0.1, 0.15) is 16.7 Å². The van der Waals surface area contributed by atoms with Gasteiger partial charge >= 0.3 is 5.97 Å². The van der Waals surface area contributed by atoms with E-state index in [0.29, 0.717) is 12.2 Å². The number of benzene rings is 2. The van der Waals surface area contributed by atoms with Crippen LogP contribution in [0, 0.1) is 13.8 Å². The summed E-state index contributed by atoms with van der Waals surface area (Å²) < 4.78 is 5.32. The molecular formula is C16H16O2. The molecule has 2 rings (SSSR count). The maximum absolute atomic E-state index is 11.8. The van der Waals surface area contributed by atoms with Crippen LogP contribution in [0.25, 0.3) is 0 Å². The Kier molecular flexibility index (Phi) is 3.78. The predicted molar refractivity (Wildman–Crippen MR) is 71.7 cm³/mol. The number of esters is 1. The van der Waals surface area contributed by atoms with Gasteiger partial charge in [-0.15, -0.1) is 0 Å². The van der Waals surface area contributed by atoms with Crippen molar-refractivity contribution in [2.24, 2.45) is 0 Å². The lowest BCUT2D eigenvalue weighted by Gasteiger charge is -2.06. The molecule has 0 spiro atoms. The topological polar surface area (TPSA) is 26.3 Å². The number of rotatable bonds is 3. The molecule has 0 heterocycles. The van der Waals surface area contributed by atoms with E-state index < -0.39 is 0 Å². The summed E-state index contributed by atoms with van der Waals surface area (Å²) in [5, 5.41) is 0. The molecule has 0 aliphatic heterocycles. The zero-order chi connectivity index (χ0) is 13.0. The van der Waals surface area contributed by atoms with Gasteiger partial charge in [-0.25, -0.2) is 0 Å². The molecule has 0 saturated carbocycles. The van der Waals surface area contributed by atoms with Gasteiger partial charge in [0.1, 0.15) is 5.75 Å². The van der Waals surface area contributed by atoms with Crippen LogP contribution in [0.15, 0.2) is 48.5 Å². The molecule has 2 aromatic carbocycles. The predicted octanol–water partition coefficient (Wildman–Crippen LogP) is 3.45. The number of hydrogen-bond donors (Lipinski definition) is 0. The fourth-order valence-corrected chi connectivity index (χ4v) is 1.71. The van der Waals surface area contributed by atoms with E-state index in [0.717, 1.165) is 11.1 Å². The van der Waals surface area contributed by atoms with E-state index in [2.05, 4.69) is 0 Å². The van der Waals surface area contributed by atoms with Crippen molar-refractivity contribution in [1.82, 2.24) is 0 Å². The molecule has 0 N–H and O–H groups in total. The van der Waals surface area contributed by atoms with Crippen LogP contribution >= 0.6 is 0 Å². The van der Waals surface area contributed by atoms with Gasteiger partial charge in [0.25, 0.3) is 0 Å². The zero-order valence-electron chi connectivity index (χ0n) is 10.6. The monoisotopic (exact) mass is 240 g/mol. The summed E-state index contributed by atoms with van der Waals surface area (Å²) >= 11 is 0. The molecule has 0 fully saturated rings. The minimum Gasteiger partial charge on any atom is -0.426 e. The second-order valence-corrected chi connectivity index (χ2v) is 4.38. The van der Waals surface area contributed by atoms with Crippen molar-refractivity contribution in [3.63, 3.8) is 0 Å². The van der Waals surface area contributed by atoms with Crippen molar-refractivity contribution >= 4 is 5.97 Å². The summed E-state index contributed by atoms with van der Waals surface area (Å²) in [5.74, 6) is 0.378. The summed E-state index contributed by atoms with van der Waals surface area (Å²) in [5.41, 5.74) is 3.28. The van der Waals surface area contributed by atoms with Crippen molar-refractivity contribution in [3.8, 4) is 5.75 Å². The lowest BCUT2D eigenvalue weighted by atomic mass is 10.1. The third-order valence-corrected chi connectivity index (χ3v) is 2.90. The van der Waals surface area contributed by atoms with Gasteiger partial charge in [0.15, 0.2) is 0 Å². The van der Waals surface area contributed by atoms with Crippen molar-refractivity contribution in [1.29, 1.82) is 0 Å². The summed E-state index contributed by atoms with van der Waals surface area (Å²) in [4.78, 5) is 11.8. The third kappa shape index (κ3) is 3.20. The van der Waals surface area contributed by atoms with E-state index in [1.807, 2.05) is 62.4 Å². The Morgan fingerprint density at radius 3 is 2.39 bits per heavy atom. The van der Waals surface area contributed by atoms with Crippen LogP contribution in [0.3, 0.4) is 0 Å². The molecule has 0 bridgehead atoms. The molecule has 92 valence electrons. The maximum Gasteiger partial charge on any atom is 0.315 e. The molecule has 0 amide bonds. The number of carbonyl (C=O) groups excluding carboxylic acids is 1. The molecule has 0 unspecified atom stereocenters. The van der Waals surface area contributed by atoms with Crippen molar-refractivity contribution in [2.75, 3.05) is 0 Å². The first-order valence-electron chi connectivity index (χ1n) is 5.97. The van der Waals surface area contributed by atoms with Crippen LogP contribution in [0.5, 0.6) is 5.75 Å². The van der Waals surface area contributed by atoms with E-state index in [-0.39, 0.29) is 5.97 Å². The molecule has 0 aliphatic rings. The molecule has 2 nitrogen and oxygen atoms in total. The molecule has 0 aliphatic carbocycles. The third-order valence-electron chi connectivity index (χ3n) is 2.90. The van der Waals surface area contributed by atoms with Gasteiger partial charge in [-0.2, -0.15) is 0 Å². The van der Waals surface area contributed by atoms with Crippen molar-refractivity contribution in [2.45, 2.75) is 20.3 Å². The van der Waals surface area contributed by atoms with Gasteiger partial charge in [-0.05, 0) is 42.7 Å². The fraction of sp³-hybridized carbons (Fsp3) is 0.188. The Labute approximate surface area is 107 Å². The lowest BCUT2D eigenvalue weighted by molar-refractivity contribution is -0.133. The number of carbonyl (C=O) groups is 1. The molecule has 0 radical (unpaired) electrons. The highest BCUT2D eigenvalue weighted by Gasteiger charge is 2.06. The Balaban J connectivity index is 2.01. The largest absolute Gasteiger partial charge is 0.426 e. The second-order valence-electron chi connectivity index (χ2n) is 4.38. The molecule has 0 saturated heterocycles. The van der Waals surface area contributed by atoms with Crippen molar-refractivity contribution in [3.05, 3.63) is 65.2 Å². The quantitative estimate of drug-likeness (QED) is 0.606. The smallest absolute Gasteiger partial charge is 0.315 e. The van der Waals surface area contributed by atoms with Crippen LogP contribution in [-0.4, -0.2) is 5.97 Å². The number of aryl methyl sites for hydroxylation is 2. The SMILES string of the molecule is Cc1ccc(OC(=O)Cc2ccccc2)cc1C. The van der Waals surface area contributed by atoms with E-state index in [1.54, 1.807) is 0 Å². The van der Waals surface area contributed by atoms with Gasteiger partial charge < -0.3 is 4.74 Å². The first-order chi connectivity index (χ1) is 8.65. The standard InChI is InChI=1S/C16H16O2/c1-12-8-9-15(10-13(12)2)18-16(17)11-14-6-4-3-5-7-14/h3-10H,11H2,1-2H3. The van der Waals surface area contributed by atoms with Crippen molar-refractivity contribution < 1.29 is 9.53 Å². The van der Waals surface area contributed by atoms with E-state index in [1.165, 1.54) is 5.56 Å². The average Bonchev–Trinajstić information content (AvgIpc) is 2.35. The Hall–Kier alpha value is -2.09. The average molecular weight is 240 g/mol. The van der Waals surface area contributed by atoms with Gasteiger partial charge in [0.2, 0.25) is 0 Å². The molecule has 0 atom stereocenters. The van der Waals surface area contributed by atoms with E-state index >= 15 is 0 Å². The maximum atomic E-state index is 11.8. The highest BCUT2D eigenvalue weighted by atomic mass is 16.5. The highest BCUT2D eigenvalue weighted by molar-refractivity contribution is 5.75. The fourth-order valence-electron chi connectivity index (χ4n) is 1.71. The first-order valence-corrected chi connectivity index (χ1v) is 5.97. The minimum absolute atomic E-state index is 0.232. The van der Waals surface area contributed by atoms with Gasteiger partial charge in [0.05, 0.1) is 6.42 Å². The Bertz CT molecular complexity index is 544. The molecule has 0 aromatic heterocycles. The zero-order valence-corrected chi connectivity index (χ0v) is 10.6. The normalized spacial score (nSPS) is 10.1. The lowest BCUT2D eigenvalue weighted by Crippen LogP contribution is -2.11.